The quantitative estimate of drug-likeness (QED) is 0.826. The van der Waals surface area contributed by atoms with E-state index in [9.17, 15) is 9.59 Å². The summed E-state index contributed by atoms with van der Waals surface area (Å²) in [6.07, 6.45) is 4.50. The van der Waals surface area contributed by atoms with Crippen LogP contribution in [0.5, 0.6) is 5.75 Å². The van der Waals surface area contributed by atoms with E-state index in [0.717, 1.165) is 32.3 Å². The van der Waals surface area contributed by atoms with E-state index in [1.54, 1.807) is 18.2 Å². The lowest BCUT2D eigenvalue weighted by atomic mass is 10.1. The summed E-state index contributed by atoms with van der Waals surface area (Å²) in [4.78, 5) is 26.6. The van der Waals surface area contributed by atoms with E-state index in [4.69, 9.17) is 21.1 Å². The lowest BCUT2D eigenvalue weighted by Crippen LogP contribution is -2.30. The summed E-state index contributed by atoms with van der Waals surface area (Å²) < 4.78 is 11.4. The molecule has 0 radical (unpaired) electrons. The number of anilines is 1. The molecule has 0 aromatic heterocycles. The first-order valence-corrected chi connectivity index (χ1v) is 9.62. The Hall–Kier alpha value is -1.79. The van der Waals surface area contributed by atoms with Crippen molar-refractivity contribution in [1.29, 1.82) is 0 Å². The molecule has 7 heteroatoms. The molecule has 3 fully saturated rings. The van der Waals surface area contributed by atoms with E-state index >= 15 is 0 Å². The standard InChI is InChI=1S/C19H23ClN2O4/c20-13-3-6-17(26-11-15-2-1-7-25-15)16(9-13)21-19(24)12-8-18(23)22(10-12)14-4-5-14/h3,6,9,12,14-15H,1-2,4-5,7-8,10-11H2,(H,21,24)/t12-,15-/m1/s1. The molecule has 1 aromatic carbocycles. The molecule has 2 amide bonds. The lowest BCUT2D eigenvalue weighted by molar-refractivity contribution is -0.128. The molecule has 1 aliphatic carbocycles. The molecule has 0 unspecified atom stereocenters. The lowest BCUT2D eigenvalue weighted by Gasteiger charge is -2.17. The summed E-state index contributed by atoms with van der Waals surface area (Å²) in [5.74, 6) is 0.161. The van der Waals surface area contributed by atoms with Crippen LogP contribution in [0.1, 0.15) is 32.1 Å². The van der Waals surface area contributed by atoms with E-state index in [0.29, 0.717) is 35.7 Å². The second-order valence-corrected chi connectivity index (χ2v) is 7.69. The highest BCUT2D eigenvalue weighted by Crippen LogP contribution is 2.34. The van der Waals surface area contributed by atoms with Crippen molar-refractivity contribution in [3.63, 3.8) is 0 Å². The largest absolute Gasteiger partial charge is 0.489 e. The molecule has 140 valence electrons. The smallest absolute Gasteiger partial charge is 0.229 e. The Kier molecular flexibility index (Phi) is 5.05. The van der Waals surface area contributed by atoms with Gasteiger partial charge in [0.25, 0.3) is 0 Å². The van der Waals surface area contributed by atoms with Gasteiger partial charge in [-0.05, 0) is 43.9 Å². The van der Waals surface area contributed by atoms with Crippen LogP contribution in [-0.2, 0) is 14.3 Å². The second-order valence-electron chi connectivity index (χ2n) is 7.25. The van der Waals surface area contributed by atoms with E-state index in [1.807, 2.05) is 4.90 Å². The molecule has 1 saturated carbocycles. The molecule has 2 aliphatic heterocycles. The third-order valence-electron chi connectivity index (χ3n) is 5.17. The third-order valence-corrected chi connectivity index (χ3v) is 5.40. The van der Waals surface area contributed by atoms with E-state index < -0.39 is 0 Å². The Balaban J connectivity index is 1.40. The van der Waals surface area contributed by atoms with Crippen molar-refractivity contribution in [2.75, 3.05) is 25.1 Å². The number of hydrogen-bond donors (Lipinski definition) is 1. The first-order chi connectivity index (χ1) is 12.6. The number of benzene rings is 1. The minimum Gasteiger partial charge on any atom is -0.489 e. The molecule has 6 nitrogen and oxygen atoms in total. The number of amides is 2. The van der Waals surface area contributed by atoms with Gasteiger partial charge in [0, 0.05) is 30.6 Å². The van der Waals surface area contributed by atoms with Crippen molar-refractivity contribution < 1.29 is 19.1 Å². The number of rotatable bonds is 6. The van der Waals surface area contributed by atoms with Crippen molar-refractivity contribution in [2.45, 2.75) is 44.2 Å². The van der Waals surface area contributed by atoms with Crippen molar-refractivity contribution in [3.05, 3.63) is 23.2 Å². The highest BCUT2D eigenvalue weighted by Gasteiger charge is 2.41. The molecule has 3 aliphatic rings. The van der Waals surface area contributed by atoms with Crippen LogP contribution in [0.2, 0.25) is 5.02 Å². The van der Waals surface area contributed by atoms with E-state index in [1.165, 1.54) is 0 Å². The summed E-state index contributed by atoms with van der Waals surface area (Å²) in [5.41, 5.74) is 0.540. The zero-order chi connectivity index (χ0) is 18.1. The van der Waals surface area contributed by atoms with Gasteiger partial charge in [-0.15, -0.1) is 0 Å². The zero-order valence-electron chi connectivity index (χ0n) is 14.6. The maximum Gasteiger partial charge on any atom is 0.229 e. The predicted octanol–water partition coefficient (Wildman–Crippen LogP) is 2.85. The third kappa shape index (κ3) is 3.96. The first kappa shape index (κ1) is 17.6. The fourth-order valence-corrected chi connectivity index (χ4v) is 3.74. The number of hydrogen-bond acceptors (Lipinski definition) is 4. The van der Waals surface area contributed by atoms with Crippen LogP contribution in [0.3, 0.4) is 0 Å². The number of halogens is 1. The van der Waals surface area contributed by atoms with Gasteiger partial charge in [-0.1, -0.05) is 11.6 Å². The molecular formula is C19H23ClN2O4. The molecule has 1 N–H and O–H groups in total. The van der Waals surface area contributed by atoms with Gasteiger partial charge >= 0.3 is 0 Å². The summed E-state index contributed by atoms with van der Waals surface area (Å²) >= 11 is 6.09. The fraction of sp³-hybridized carbons (Fsp3) is 0.579. The topological polar surface area (TPSA) is 67.9 Å². The van der Waals surface area contributed by atoms with Crippen LogP contribution >= 0.6 is 11.6 Å². The fourth-order valence-electron chi connectivity index (χ4n) is 3.57. The van der Waals surface area contributed by atoms with Gasteiger partial charge in [0.1, 0.15) is 12.4 Å². The SMILES string of the molecule is O=C(Nc1cc(Cl)ccc1OC[C@H]1CCCO1)[C@@H]1CC(=O)N(C2CC2)C1. The van der Waals surface area contributed by atoms with Gasteiger partial charge in [-0.2, -0.15) is 0 Å². The Bertz CT molecular complexity index is 701. The number of nitrogens with zero attached hydrogens (tertiary/aromatic N) is 1. The van der Waals surface area contributed by atoms with Crippen LogP contribution in [-0.4, -0.2) is 48.6 Å². The summed E-state index contributed by atoms with van der Waals surface area (Å²) in [6, 6.07) is 5.51. The average molecular weight is 379 g/mol. The van der Waals surface area contributed by atoms with Crippen LogP contribution in [0, 0.1) is 5.92 Å². The normalized spacial score (nSPS) is 25.6. The monoisotopic (exact) mass is 378 g/mol. The second kappa shape index (κ2) is 7.45. The first-order valence-electron chi connectivity index (χ1n) is 9.24. The number of nitrogens with one attached hydrogen (secondary N) is 1. The van der Waals surface area contributed by atoms with Crippen LogP contribution in [0.4, 0.5) is 5.69 Å². The number of carbonyl (C=O) groups excluding carboxylic acids is 2. The maximum absolute atomic E-state index is 12.7. The highest BCUT2D eigenvalue weighted by atomic mass is 35.5. The Morgan fingerprint density at radius 3 is 2.92 bits per heavy atom. The van der Waals surface area contributed by atoms with Crippen LogP contribution in [0.15, 0.2) is 18.2 Å². The van der Waals surface area contributed by atoms with Gasteiger partial charge in [-0.25, -0.2) is 0 Å². The van der Waals surface area contributed by atoms with E-state index in [2.05, 4.69) is 5.32 Å². The molecule has 2 heterocycles. The van der Waals surface area contributed by atoms with Gasteiger partial charge in [0.05, 0.1) is 17.7 Å². The molecule has 26 heavy (non-hydrogen) atoms. The molecule has 2 saturated heterocycles. The predicted molar refractivity (Wildman–Crippen MR) is 97.4 cm³/mol. The maximum atomic E-state index is 12.7. The number of ether oxygens (including phenoxy) is 2. The zero-order valence-corrected chi connectivity index (χ0v) is 15.3. The molecular weight excluding hydrogens is 356 g/mol. The van der Waals surface area contributed by atoms with E-state index in [-0.39, 0.29) is 30.3 Å². The molecule has 4 rings (SSSR count). The number of likely N-dealkylation sites (tertiary alicyclic amines) is 1. The molecule has 2 atom stereocenters. The Morgan fingerprint density at radius 1 is 1.35 bits per heavy atom. The molecule has 0 spiro atoms. The molecule has 1 aromatic rings. The average Bonchev–Trinajstić information content (AvgIpc) is 3.17. The number of carbonyl (C=O) groups is 2. The Morgan fingerprint density at radius 2 is 2.19 bits per heavy atom. The van der Waals surface area contributed by atoms with Crippen molar-refractivity contribution in [3.8, 4) is 5.75 Å². The van der Waals surface area contributed by atoms with Crippen molar-refractivity contribution in [1.82, 2.24) is 4.90 Å². The summed E-state index contributed by atoms with van der Waals surface area (Å²) in [5, 5.41) is 3.42. The minimum atomic E-state index is -0.326. The van der Waals surface area contributed by atoms with Crippen molar-refractivity contribution in [2.24, 2.45) is 5.92 Å². The van der Waals surface area contributed by atoms with Crippen molar-refractivity contribution >= 4 is 29.1 Å². The Labute approximate surface area is 157 Å². The summed E-state index contributed by atoms with van der Waals surface area (Å²) in [6.45, 7) is 1.72. The van der Waals surface area contributed by atoms with Gasteiger partial charge in [0.2, 0.25) is 11.8 Å². The highest BCUT2D eigenvalue weighted by molar-refractivity contribution is 6.31. The van der Waals surface area contributed by atoms with Gasteiger partial charge < -0.3 is 19.7 Å². The summed E-state index contributed by atoms with van der Waals surface area (Å²) in [7, 11) is 0. The van der Waals surface area contributed by atoms with Gasteiger partial charge in [-0.3, -0.25) is 9.59 Å². The molecule has 0 bridgehead atoms. The van der Waals surface area contributed by atoms with Gasteiger partial charge in [0.15, 0.2) is 0 Å². The van der Waals surface area contributed by atoms with Crippen LogP contribution < -0.4 is 10.1 Å². The minimum absolute atomic E-state index is 0.0774. The van der Waals surface area contributed by atoms with Crippen LogP contribution in [0.25, 0.3) is 0 Å².